The van der Waals surface area contributed by atoms with Gasteiger partial charge in [0.15, 0.2) is 5.75 Å². The minimum atomic E-state index is -2.85. The molecule has 0 atom stereocenters. The van der Waals surface area contributed by atoms with Crippen molar-refractivity contribution in [3.05, 3.63) is 29.5 Å². The van der Waals surface area contributed by atoms with Crippen LogP contribution in [0.25, 0.3) is 10.9 Å². The SMILES string of the molecule is CCNc1c(C)c(CC)nc2c(OC(F)F)cccc12. The van der Waals surface area contributed by atoms with E-state index in [0.717, 1.165) is 35.3 Å². The van der Waals surface area contributed by atoms with Gasteiger partial charge in [0.05, 0.1) is 0 Å². The number of pyridine rings is 1. The Morgan fingerprint density at radius 3 is 2.65 bits per heavy atom. The second-order valence-electron chi connectivity index (χ2n) is 4.47. The molecule has 0 aliphatic carbocycles. The molecule has 1 heterocycles. The molecule has 0 unspecified atom stereocenters. The highest BCUT2D eigenvalue weighted by atomic mass is 19.3. The number of hydrogen-bond acceptors (Lipinski definition) is 3. The molecule has 1 aromatic carbocycles. The van der Waals surface area contributed by atoms with Crippen molar-refractivity contribution in [3.8, 4) is 5.75 Å². The maximum absolute atomic E-state index is 12.5. The minimum absolute atomic E-state index is 0.117. The highest BCUT2D eigenvalue weighted by molar-refractivity contribution is 5.96. The predicted molar refractivity (Wildman–Crippen MR) is 76.7 cm³/mol. The van der Waals surface area contributed by atoms with Crippen LogP contribution in [-0.2, 0) is 6.42 Å². The summed E-state index contributed by atoms with van der Waals surface area (Å²) in [5.74, 6) is 0.117. The third kappa shape index (κ3) is 2.66. The van der Waals surface area contributed by atoms with E-state index in [-0.39, 0.29) is 5.75 Å². The molecule has 3 nitrogen and oxygen atoms in total. The van der Waals surface area contributed by atoms with Gasteiger partial charge in [-0.25, -0.2) is 4.98 Å². The molecule has 108 valence electrons. The molecule has 1 N–H and O–H groups in total. The summed E-state index contributed by atoms with van der Waals surface area (Å²) in [6.07, 6.45) is 0.739. The van der Waals surface area contributed by atoms with Crippen LogP contribution in [0, 0.1) is 6.92 Å². The van der Waals surface area contributed by atoms with Gasteiger partial charge in [-0.15, -0.1) is 0 Å². The van der Waals surface area contributed by atoms with Crippen LogP contribution >= 0.6 is 0 Å². The van der Waals surface area contributed by atoms with Crippen LogP contribution < -0.4 is 10.1 Å². The first-order valence-electron chi connectivity index (χ1n) is 6.69. The van der Waals surface area contributed by atoms with Gasteiger partial charge in [0.25, 0.3) is 0 Å². The minimum Gasteiger partial charge on any atom is -0.432 e. The van der Waals surface area contributed by atoms with Crippen LogP contribution in [0.4, 0.5) is 14.5 Å². The molecule has 1 aromatic heterocycles. The first-order valence-corrected chi connectivity index (χ1v) is 6.69. The molecule has 0 saturated heterocycles. The fourth-order valence-corrected chi connectivity index (χ4v) is 2.34. The number of alkyl halides is 2. The number of para-hydroxylation sites is 1. The molecule has 0 saturated carbocycles. The van der Waals surface area contributed by atoms with Gasteiger partial charge in [0.1, 0.15) is 5.52 Å². The third-order valence-corrected chi connectivity index (χ3v) is 3.23. The van der Waals surface area contributed by atoms with Gasteiger partial charge >= 0.3 is 6.61 Å². The molecule has 20 heavy (non-hydrogen) atoms. The summed E-state index contributed by atoms with van der Waals surface area (Å²) in [4.78, 5) is 4.49. The van der Waals surface area contributed by atoms with E-state index in [4.69, 9.17) is 0 Å². The Labute approximate surface area is 117 Å². The molecule has 2 rings (SSSR count). The van der Waals surface area contributed by atoms with E-state index in [1.54, 1.807) is 6.07 Å². The first-order chi connectivity index (χ1) is 9.58. The fourth-order valence-electron chi connectivity index (χ4n) is 2.34. The van der Waals surface area contributed by atoms with Crippen molar-refractivity contribution in [2.24, 2.45) is 0 Å². The Morgan fingerprint density at radius 1 is 1.30 bits per heavy atom. The molecular weight excluding hydrogens is 262 g/mol. The Balaban J connectivity index is 2.72. The number of nitrogens with zero attached hydrogens (tertiary/aromatic N) is 1. The van der Waals surface area contributed by atoms with Crippen LogP contribution in [-0.4, -0.2) is 18.1 Å². The molecule has 0 spiro atoms. The standard InChI is InChI=1S/C15H18F2N2O/c1-4-11-9(3)13(18-5-2)10-7-6-8-12(14(10)19-11)20-15(16)17/h6-8,15H,4-5H2,1-3H3,(H,18,19). The van der Waals surface area contributed by atoms with Gasteiger partial charge in [0.2, 0.25) is 0 Å². The summed E-state index contributed by atoms with van der Waals surface area (Å²) in [6, 6.07) is 5.09. The Morgan fingerprint density at radius 2 is 2.05 bits per heavy atom. The fraction of sp³-hybridized carbons (Fsp3) is 0.400. The maximum atomic E-state index is 12.5. The van der Waals surface area contributed by atoms with E-state index in [0.29, 0.717) is 5.52 Å². The number of hydrogen-bond donors (Lipinski definition) is 1. The lowest BCUT2D eigenvalue weighted by Gasteiger charge is -2.16. The van der Waals surface area contributed by atoms with Crippen molar-refractivity contribution < 1.29 is 13.5 Å². The van der Waals surface area contributed by atoms with Gasteiger partial charge in [-0.2, -0.15) is 8.78 Å². The molecule has 5 heteroatoms. The second-order valence-corrected chi connectivity index (χ2v) is 4.47. The lowest BCUT2D eigenvalue weighted by Crippen LogP contribution is -2.07. The number of nitrogens with one attached hydrogen (secondary N) is 1. The van der Waals surface area contributed by atoms with Gasteiger partial charge < -0.3 is 10.1 Å². The molecule has 0 aliphatic rings. The van der Waals surface area contributed by atoms with Crippen molar-refractivity contribution >= 4 is 16.6 Å². The van der Waals surface area contributed by atoms with Gasteiger partial charge in [-0.3, -0.25) is 0 Å². The van der Waals surface area contributed by atoms with E-state index in [1.807, 2.05) is 26.8 Å². The van der Waals surface area contributed by atoms with Gasteiger partial charge in [-0.1, -0.05) is 19.1 Å². The van der Waals surface area contributed by atoms with E-state index < -0.39 is 6.61 Å². The van der Waals surface area contributed by atoms with Crippen LogP contribution in [0.2, 0.25) is 0 Å². The molecule has 0 bridgehead atoms. The monoisotopic (exact) mass is 280 g/mol. The lowest BCUT2D eigenvalue weighted by atomic mass is 10.0. The van der Waals surface area contributed by atoms with Crippen LogP contribution in [0.3, 0.4) is 0 Å². The van der Waals surface area contributed by atoms with Crippen LogP contribution in [0.15, 0.2) is 18.2 Å². The smallest absolute Gasteiger partial charge is 0.387 e. The third-order valence-electron chi connectivity index (χ3n) is 3.23. The van der Waals surface area contributed by atoms with E-state index >= 15 is 0 Å². The van der Waals surface area contributed by atoms with Crippen LogP contribution in [0.5, 0.6) is 5.75 Å². The number of halogens is 2. The zero-order valence-corrected chi connectivity index (χ0v) is 11.8. The van der Waals surface area contributed by atoms with E-state index in [1.165, 1.54) is 6.07 Å². The molecular formula is C15H18F2N2O. The lowest BCUT2D eigenvalue weighted by molar-refractivity contribution is -0.0489. The number of aryl methyl sites for hydroxylation is 1. The number of aromatic nitrogens is 1. The van der Waals surface area contributed by atoms with E-state index in [9.17, 15) is 8.78 Å². The predicted octanol–water partition coefficient (Wildman–Crippen LogP) is 4.14. The Kier molecular flexibility index (Phi) is 4.37. The topological polar surface area (TPSA) is 34.2 Å². The van der Waals surface area contributed by atoms with Gasteiger partial charge in [0, 0.05) is 23.3 Å². The normalized spacial score (nSPS) is 11.1. The molecule has 0 amide bonds. The quantitative estimate of drug-likeness (QED) is 0.893. The summed E-state index contributed by atoms with van der Waals surface area (Å²) < 4.78 is 29.6. The number of rotatable bonds is 5. The van der Waals surface area contributed by atoms with Crippen molar-refractivity contribution in [1.82, 2.24) is 4.98 Å². The summed E-state index contributed by atoms with van der Waals surface area (Å²) in [6.45, 7) is 3.88. The summed E-state index contributed by atoms with van der Waals surface area (Å²) in [5.41, 5.74) is 3.36. The Bertz CT molecular complexity index is 614. The zero-order chi connectivity index (χ0) is 14.7. The highest BCUT2D eigenvalue weighted by Gasteiger charge is 2.15. The second kappa shape index (κ2) is 6.03. The maximum Gasteiger partial charge on any atom is 0.387 e. The number of benzene rings is 1. The van der Waals surface area contributed by atoms with Crippen molar-refractivity contribution in [3.63, 3.8) is 0 Å². The number of anilines is 1. The largest absolute Gasteiger partial charge is 0.432 e. The van der Waals surface area contributed by atoms with Crippen LogP contribution in [0.1, 0.15) is 25.1 Å². The summed E-state index contributed by atoms with van der Waals surface area (Å²) in [5, 5.41) is 4.10. The summed E-state index contributed by atoms with van der Waals surface area (Å²) in [7, 11) is 0. The Hall–Kier alpha value is -1.91. The zero-order valence-electron chi connectivity index (χ0n) is 11.8. The number of ether oxygens (including phenoxy) is 1. The number of fused-ring (bicyclic) bond motifs is 1. The van der Waals surface area contributed by atoms with Gasteiger partial charge in [-0.05, 0) is 31.9 Å². The molecule has 0 fully saturated rings. The average Bonchev–Trinajstić information content (AvgIpc) is 2.41. The first kappa shape index (κ1) is 14.5. The summed E-state index contributed by atoms with van der Waals surface area (Å²) >= 11 is 0. The highest BCUT2D eigenvalue weighted by Crippen LogP contribution is 2.33. The molecule has 2 aromatic rings. The van der Waals surface area contributed by atoms with Crippen molar-refractivity contribution in [2.75, 3.05) is 11.9 Å². The molecule has 0 aliphatic heterocycles. The average molecular weight is 280 g/mol. The van der Waals surface area contributed by atoms with Crippen molar-refractivity contribution in [1.29, 1.82) is 0 Å². The molecule has 0 radical (unpaired) electrons. The van der Waals surface area contributed by atoms with Crippen molar-refractivity contribution in [2.45, 2.75) is 33.8 Å². The van der Waals surface area contributed by atoms with E-state index in [2.05, 4.69) is 15.0 Å².